The van der Waals surface area contributed by atoms with Crippen LogP contribution in [0.5, 0.6) is 0 Å². The number of nitro benzene ring substituents is 1. The Bertz CT molecular complexity index is 858. The van der Waals surface area contributed by atoms with Crippen LogP contribution in [0.4, 0.5) is 5.69 Å². The Morgan fingerprint density at radius 2 is 1.92 bits per heavy atom. The van der Waals surface area contributed by atoms with Crippen LogP contribution in [0.3, 0.4) is 0 Å². The number of fused-ring (bicyclic) bond motifs is 1. The summed E-state index contributed by atoms with van der Waals surface area (Å²) in [6.07, 6.45) is 1.56. The van der Waals surface area contributed by atoms with Gasteiger partial charge in [-0.25, -0.2) is 4.98 Å². The molecule has 1 aromatic heterocycles. The van der Waals surface area contributed by atoms with Gasteiger partial charge in [-0.3, -0.25) is 10.1 Å². The van der Waals surface area contributed by atoms with Crippen LogP contribution in [0.25, 0.3) is 22.6 Å². The lowest BCUT2D eigenvalue weighted by Crippen LogP contribution is -2.07. The van der Waals surface area contributed by atoms with E-state index in [0.29, 0.717) is 23.5 Å². The number of hydrogen-bond donors (Lipinski definition) is 0. The van der Waals surface area contributed by atoms with Crippen LogP contribution in [0.1, 0.15) is 32.8 Å². The van der Waals surface area contributed by atoms with Crippen LogP contribution in [0.2, 0.25) is 0 Å². The lowest BCUT2D eigenvalue weighted by atomic mass is 9.88. The van der Waals surface area contributed by atoms with Crippen LogP contribution >= 0.6 is 0 Å². The molecule has 124 valence electrons. The number of hydrogen-bond acceptors (Lipinski definition) is 4. The maximum atomic E-state index is 11.5. The number of rotatable bonds is 4. The highest BCUT2D eigenvalue weighted by atomic mass is 16.6. The van der Waals surface area contributed by atoms with Crippen molar-refractivity contribution in [1.29, 1.82) is 0 Å². The van der Waals surface area contributed by atoms with Gasteiger partial charge in [-0.05, 0) is 36.5 Å². The molecule has 0 radical (unpaired) electrons. The van der Waals surface area contributed by atoms with Gasteiger partial charge < -0.3 is 4.42 Å². The summed E-state index contributed by atoms with van der Waals surface area (Å²) in [6, 6.07) is 12.7. The first-order chi connectivity index (χ1) is 11.3. The van der Waals surface area contributed by atoms with E-state index >= 15 is 0 Å². The molecule has 24 heavy (non-hydrogen) atoms. The number of nitrogens with zero attached hydrogens (tertiary/aromatic N) is 2. The molecule has 0 aliphatic heterocycles. The summed E-state index contributed by atoms with van der Waals surface area (Å²) in [5, 5.41) is 11.5. The Kier molecular flexibility index (Phi) is 4.09. The summed E-state index contributed by atoms with van der Waals surface area (Å²) in [7, 11) is 0. The Morgan fingerprint density at radius 3 is 2.58 bits per heavy atom. The molecule has 2 aromatic carbocycles. The molecule has 0 saturated heterocycles. The van der Waals surface area contributed by atoms with Crippen LogP contribution in [0, 0.1) is 15.5 Å². The molecule has 5 heteroatoms. The lowest BCUT2D eigenvalue weighted by Gasteiger charge is -2.17. The largest absolute Gasteiger partial charge is 0.436 e. The predicted molar refractivity (Wildman–Crippen MR) is 93.9 cm³/mol. The van der Waals surface area contributed by atoms with Crippen molar-refractivity contribution in [3.8, 4) is 11.5 Å². The number of benzene rings is 2. The van der Waals surface area contributed by atoms with Gasteiger partial charge in [0.05, 0.1) is 4.92 Å². The van der Waals surface area contributed by atoms with E-state index in [4.69, 9.17) is 4.42 Å². The van der Waals surface area contributed by atoms with Gasteiger partial charge in [0.15, 0.2) is 5.58 Å². The third-order valence-corrected chi connectivity index (χ3v) is 3.97. The fourth-order valence-electron chi connectivity index (χ4n) is 2.58. The average Bonchev–Trinajstić information content (AvgIpc) is 2.96. The zero-order valence-electron chi connectivity index (χ0n) is 14.1. The van der Waals surface area contributed by atoms with Gasteiger partial charge in [0.1, 0.15) is 5.52 Å². The highest BCUT2D eigenvalue weighted by Gasteiger charge is 2.19. The minimum absolute atomic E-state index is 0.124. The minimum Gasteiger partial charge on any atom is -0.436 e. The number of nitro groups is 1. The molecule has 5 nitrogen and oxygen atoms in total. The van der Waals surface area contributed by atoms with Crippen LogP contribution < -0.4 is 0 Å². The lowest BCUT2D eigenvalue weighted by molar-refractivity contribution is -0.385. The molecule has 0 atom stereocenters. The quantitative estimate of drug-likeness (QED) is 0.477. The summed E-state index contributed by atoms with van der Waals surface area (Å²) in [4.78, 5) is 15.5. The van der Waals surface area contributed by atoms with Gasteiger partial charge in [0, 0.05) is 17.2 Å². The second kappa shape index (κ2) is 6.07. The van der Waals surface area contributed by atoms with E-state index in [1.54, 1.807) is 6.07 Å². The van der Waals surface area contributed by atoms with E-state index in [0.717, 1.165) is 17.5 Å². The highest BCUT2D eigenvalue weighted by Crippen LogP contribution is 2.31. The summed E-state index contributed by atoms with van der Waals surface area (Å²) in [5.41, 5.74) is 3.04. The Hall–Kier alpha value is -2.69. The summed E-state index contributed by atoms with van der Waals surface area (Å²) in [5.74, 6) is 0.404. The third-order valence-electron chi connectivity index (χ3n) is 3.97. The molecule has 0 bridgehead atoms. The molecule has 0 fully saturated rings. The fraction of sp³-hybridized carbons (Fsp3) is 0.316. The van der Waals surface area contributed by atoms with E-state index < -0.39 is 0 Å². The van der Waals surface area contributed by atoms with Crippen molar-refractivity contribution in [3.63, 3.8) is 0 Å². The van der Waals surface area contributed by atoms with E-state index in [2.05, 4.69) is 25.8 Å². The van der Waals surface area contributed by atoms with Crippen molar-refractivity contribution in [1.82, 2.24) is 4.98 Å². The van der Waals surface area contributed by atoms with Gasteiger partial charge in [0.2, 0.25) is 5.89 Å². The van der Waals surface area contributed by atoms with E-state index in [-0.39, 0.29) is 16.0 Å². The molecular weight excluding hydrogens is 304 g/mol. The van der Waals surface area contributed by atoms with E-state index in [1.807, 2.05) is 36.4 Å². The molecule has 0 aliphatic carbocycles. The smallest absolute Gasteiger partial charge is 0.273 e. The molecule has 0 aliphatic rings. The monoisotopic (exact) mass is 324 g/mol. The number of aromatic nitrogens is 1. The second-order valence-corrected chi connectivity index (χ2v) is 7.15. The van der Waals surface area contributed by atoms with Gasteiger partial charge in [-0.2, -0.15) is 0 Å². The van der Waals surface area contributed by atoms with Crippen molar-refractivity contribution < 1.29 is 9.34 Å². The standard InChI is InChI=1S/C19H20N2O3/c1-19(2,3)11-10-13-8-9-14(12-16(13)21(22)23)18-20-15-6-4-5-7-17(15)24-18/h4-9,12H,10-11H2,1-3H3. The molecule has 0 N–H and O–H groups in total. The topological polar surface area (TPSA) is 69.2 Å². The average molecular weight is 324 g/mol. The van der Waals surface area contributed by atoms with Crippen molar-refractivity contribution in [3.05, 3.63) is 58.1 Å². The first-order valence-corrected chi connectivity index (χ1v) is 7.97. The van der Waals surface area contributed by atoms with Crippen molar-refractivity contribution in [2.24, 2.45) is 5.41 Å². The first kappa shape index (κ1) is 16.2. The predicted octanol–water partition coefficient (Wildman–Crippen LogP) is 5.38. The molecule has 3 rings (SSSR count). The zero-order chi connectivity index (χ0) is 17.3. The van der Waals surface area contributed by atoms with Crippen LogP contribution in [-0.4, -0.2) is 9.91 Å². The Balaban J connectivity index is 1.98. The minimum atomic E-state index is -0.329. The molecular formula is C19H20N2O3. The molecule has 0 saturated carbocycles. The van der Waals surface area contributed by atoms with Gasteiger partial charge in [0.25, 0.3) is 5.69 Å². The summed E-state index contributed by atoms with van der Waals surface area (Å²) >= 11 is 0. The second-order valence-electron chi connectivity index (χ2n) is 7.15. The molecule has 0 amide bonds. The van der Waals surface area contributed by atoms with Crippen LogP contribution in [0.15, 0.2) is 46.9 Å². The van der Waals surface area contributed by atoms with E-state index in [9.17, 15) is 10.1 Å². The highest BCUT2D eigenvalue weighted by molar-refractivity contribution is 5.76. The number of oxazole rings is 1. The van der Waals surface area contributed by atoms with Gasteiger partial charge >= 0.3 is 0 Å². The van der Waals surface area contributed by atoms with Crippen LogP contribution in [-0.2, 0) is 6.42 Å². The van der Waals surface area contributed by atoms with Crippen molar-refractivity contribution >= 4 is 16.8 Å². The number of aryl methyl sites for hydroxylation is 1. The number of para-hydroxylation sites is 2. The first-order valence-electron chi connectivity index (χ1n) is 7.97. The fourth-order valence-corrected chi connectivity index (χ4v) is 2.58. The Morgan fingerprint density at radius 1 is 1.17 bits per heavy atom. The molecule has 0 unspecified atom stereocenters. The van der Waals surface area contributed by atoms with Gasteiger partial charge in [-0.1, -0.05) is 39.0 Å². The SMILES string of the molecule is CC(C)(C)CCc1ccc(-c2nc3ccccc3o2)cc1[N+](=O)[O-]. The van der Waals surface area contributed by atoms with E-state index in [1.165, 1.54) is 0 Å². The zero-order valence-corrected chi connectivity index (χ0v) is 14.1. The van der Waals surface area contributed by atoms with Gasteiger partial charge in [-0.15, -0.1) is 0 Å². The van der Waals surface area contributed by atoms with Crippen molar-refractivity contribution in [2.45, 2.75) is 33.6 Å². The normalized spacial score (nSPS) is 11.8. The molecule has 1 heterocycles. The third kappa shape index (κ3) is 3.45. The summed E-state index contributed by atoms with van der Waals surface area (Å²) in [6.45, 7) is 6.39. The molecule has 0 spiro atoms. The van der Waals surface area contributed by atoms with Crippen molar-refractivity contribution in [2.75, 3.05) is 0 Å². The molecule has 3 aromatic rings. The maximum Gasteiger partial charge on any atom is 0.273 e. The summed E-state index contributed by atoms with van der Waals surface area (Å²) < 4.78 is 5.71. The maximum absolute atomic E-state index is 11.5. The Labute approximate surface area is 140 Å².